The average molecular weight is 321 g/mol. The fourth-order valence-electron chi connectivity index (χ4n) is 3.80. The molecular formula is C21H23NO2. The van der Waals surface area contributed by atoms with Crippen molar-refractivity contribution in [3.05, 3.63) is 71.8 Å². The number of nitrogens with one attached hydrogen (secondary N) is 1. The first-order valence-electron chi connectivity index (χ1n) is 8.84. The molecule has 0 amide bonds. The fraction of sp³-hybridized carbons (Fsp3) is 0.381. The molecule has 0 bridgehead atoms. The minimum Gasteiger partial charge on any atom is -0.460 e. The lowest BCUT2D eigenvalue weighted by Crippen LogP contribution is -2.42. The molecule has 4 atom stereocenters. The van der Waals surface area contributed by atoms with E-state index >= 15 is 0 Å². The average Bonchev–Trinajstić information content (AvgIpc) is 3.45. The van der Waals surface area contributed by atoms with E-state index < -0.39 is 0 Å². The Kier molecular flexibility index (Phi) is 4.35. The quantitative estimate of drug-likeness (QED) is 0.876. The van der Waals surface area contributed by atoms with E-state index in [1.165, 1.54) is 11.1 Å². The van der Waals surface area contributed by atoms with E-state index in [2.05, 4.69) is 41.7 Å². The van der Waals surface area contributed by atoms with Gasteiger partial charge in [0.1, 0.15) is 6.10 Å². The molecule has 0 unspecified atom stereocenters. The Morgan fingerprint density at radius 1 is 0.917 bits per heavy atom. The van der Waals surface area contributed by atoms with Gasteiger partial charge in [0.2, 0.25) is 0 Å². The Morgan fingerprint density at radius 3 is 2.21 bits per heavy atom. The Hall–Kier alpha value is -2.13. The van der Waals surface area contributed by atoms with E-state index in [9.17, 15) is 4.79 Å². The molecule has 0 spiro atoms. The van der Waals surface area contributed by atoms with Gasteiger partial charge in [-0.1, -0.05) is 60.7 Å². The highest BCUT2D eigenvalue weighted by atomic mass is 16.5. The summed E-state index contributed by atoms with van der Waals surface area (Å²) >= 11 is 0. The van der Waals surface area contributed by atoms with Crippen LogP contribution in [0.15, 0.2) is 60.7 Å². The monoisotopic (exact) mass is 321 g/mol. The van der Waals surface area contributed by atoms with Crippen molar-refractivity contribution in [3.8, 4) is 0 Å². The Bertz CT molecular complexity index is 685. The molecule has 1 N–H and O–H groups in total. The highest BCUT2D eigenvalue weighted by Gasteiger charge is 2.46. The zero-order chi connectivity index (χ0) is 16.4. The number of esters is 1. The summed E-state index contributed by atoms with van der Waals surface area (Å²) in [7, 11) is 0. The molecule has 1 aliphatic carbocycles. The number of carbonyl (C=O) groups is 1. The first-order valence-corrected chi connectivity index (χ1v) is 8.84. The summed E-state index contributed by atoms with van der Waals surface area (Å²) in [5.41, 5.74) is 2.52. The van der Waals surface area contributed by atoms with E-state index in [0.717, 1.165) is 25.9 Å². The molecule has 24 heavy (non-hydrogen) atoms. The highest BCUT2D eigenvalue weighted by molar-refractivity contribution is 5.77. The van der Waals surface area contributed by atoms with Crippen LogP contribution in [0.3, 0.4) is 0 Å². The summed E-state index contributed by atoms with van der Waals surface area (Å²) in [6, 6.07) is 20.7. The van der Waals surface area contributed by atoms with Crippen LogP contribution in [0.5, 0.6) is 0 Å². The zero-order valence-electron chi connectivity index (χ0n) is 13.7. The maximum Gasteiger partial charge on any atom is 0.309 e. The predicted molar refractivity (Wildman–Crippen MR) is 93.8 cm³/mol. The lowest BCUT2D eigenvalue weighted by Gasteiger charge is -2.32. The molecule has 2 aliphatic rings. The third-order valence-corrected chi connectivity index (χ3v) is 5.24. The predicted octanol–water partition coefficient (Wildman–Crippen LogP) is 3.48. The van der Waals surface area contributed by atoms with Crippen molar-refractivity contribution >= 4 is 5.97 Å². The molecule has 1 saturated carbocycles. The van der Waals surface area contributed by atoms with E-state index in [4.69, 9.17) is 4.74 Å². The molecule has 1 aliphatic heterocycles. The van der Waals surface area contributed by atoms with Crippen molar-refractivity contribution in [1.82, 2.24) is 5.32 Å². The van der Waals surface area contributed by atoms with Crippen LogP contribution in [0.4, 0.5) is 0 Å². The summed E-state index contributed by atoms with van der Waals surface area (Å²) in [5.74, 6) is 0.639. The smallest absolute Gasteiger partial charge is 0.309 e. The topological polar surface area (TPSA) is 38.3 Å². The first-order chi connectivity index (χ1) is 11.8. The van der Waals surface area contributed by atoms with Gasteiger partial charge in [-0.2, -0.15) is 0 Å². The van der Waals surface area contributed by atoms with Crippen molar-refractivity contribution in [2.24, 2.45) is 5.92 Å². The third-order valence-electron chi connectivity index (χ3n) is 5.24. The number of hydrogen-bond donors (Lipinski definition) is 1. The number of carbonyl (C=O) groups excluding carboxylic acids is 1. The van der Waals surface area contributed by atoms with Crippen molar-refractivity contribution in [3.63, 3.8) is 0 Å². The van der Waals surface area contributed by atoms with Crippen LogP contribution in [0.1, 0.15) is 35.8 Å². The van der Waals surface area contributed by atoms with E-state index in [-0.39, 0.29) is 18.0 Å². The summed E-state index contributed by atoms with van der Waals surface area (Å²) in [6.45, 7) is 1.72. The van der Waals surface area contributed by atoms with E-state index in [1.54, 1.807) is 0 Å². The summed E-state index contributed by atoms with van der Waals surface area (Å²) in [5, 5.41) is 3.36. The number of piperidine rings is 1. The largest absolute Gasteiger partial charge is 0.460 e. The van der Waals surface area contributed by atoms with E-state index in [1.807, 2.05) is 24.3 Å². The Morgan fingerprint density at radius 2 is 1.54 bits per heavy atom. The molecular weight excluding hydrogens is 298 g/mol. The maximum absolute atomic E-state index is 12.6. The molecule has 0 radical (unpaired) electrons. The minimum atomic E-state index is -0.0642. The van der Waals surface area contributed by atoms with Crippen molar-refractivity contribution in [2.45, 2.75) is 30.8 Å². The third kappa shape index (κ3) is 3.22. The standard InChI is InChI=1S/C21H23NO2/c23-21(19-13-18(19)16-9-5-2-6-10-16)24-20-14-22-12-11-17(20)15-7-3-1-4-8-15/h1-10,17-20,22H,11-14H2/t17-,18-,19+,20+/m1/s1. The van der Waals surface area contributed by atoms with Gasteiger partial charge < -0.3 is 10.1 Å². The molecule has 0 aromatic heterocycles. The lowest BCUT2D eigenvalue weighted by molar-refractivity contribution is -0.152. The Labute approximate surface area is 143 Å². The molecule has 124 valence electrons. The second-order valence-corrected chi connectivity index (χ2v) is 6.84. The van der Waals surface area contributed by atoms with Gasteiger partial charge in [-0.05, 0) is 36.4 Å². The minimum absolute atomic E-state index is 0.0292. The van der Waals surface area contributed by atoms with Crippen LogP contribution < -0.4 is 5.32 Å². The van der Waals surface area contributed by atoms with Gasteiger partial charge in [0.05, 0.1) is 5.92 Å². The normalized spacial score (nSPS) is 29.0. The number of ether oxygens (including phenoxy) is 1. The Balaban J connectivity index is 1.41. The molecule has 1 saturated heterocycles. The van der Waals surface area contributed by atoms with Crippen LogP contribution in [-0.4, -0.2) is 25.2 Å². The second-order valence-electron chi connectivity index (χ2n) is 6.84. The van der Waals surface area contributed by atoms with Crippen LogP contribution in [-0.2, 0) is 9.53 Å². The van der Waals surface area contributed by atoms with Gasteiger partial charge in [0, 0.05) is 12.5 Å². The summed E-state index contributed by atoms with van der Waals surface area (Å²) in [4.78, 5) is 12.6. The maximum atomic E-state index is 12.6. The van der Waals surface area contributed by atoms with E-state index in [0.29, 0.717) is 11.8 Å². The lowest BCUT2D eigenvalue weighted by atomic mass is 9.88. The fourth-order valence-corrected chi connectivity index (χ4v) is 3.80. The second kappa shape index (κ2) is 6.78. The molecule has 3 heteroatoms. The van der Waals surface area contributed by atoms with Crippen LogP contribution in [0, 0.1) is 5.92 Å². The zero-order valence-corrected chi connectivity index (χ0v) is 13.7. The number of benzene rings is 2. The molecule has 2 fully saturated rings. The van der Waals surface area contributed by atoms with Gasteiger partial charge in [0.15, 0.2) is 0 Å². The molecule has 2 aromatic rings. The van der Waals surface area contributed by atoms with Crippen LogP contribution >= 0.6 is 0 Å². The van der Waals surface area contributed by atoms with Crippen LogP contribution in [0.2, 0.25) is 0 Å². The van der Waals surface area contributed by atoms with Crippen molar-refractivity contribution in [1.29, 1.82) is 0 Å². The van der Waals surface area contributed by atoms with Gasteiger partial charge in [-0.25, -0.2) is 0 Å². The molecule has 4 rings (SSSR count). The van der Waals surface area contributed by atoms with Gasteiger partial charge in [-0.3, -0.25) is 4.79 Å². The first kappa shape index (κ1) is 15.4. The van der Waals surface area contributed by atoms with Gasteiger partial charge in [-0.15, -0.1) is 0 Å². The molecule has 2 aromatic carbocycles. The van der Waals surface area contributed by atoms with Gasteiger partial charge >= 0.3 is 5.97 Å². The number of hydrogen-bond acceptors (Lipinski definition) is 3. The highest BCUT2D eigenvalue weighted by Crippen LogP contribution is 2.48. The summed E-state index contributed by atoms with van der Waals surface area (Å²) < 4.78 is 5.93. The SMILES string of the molecule is O=C(O[C@H]1CNCC[C@@H]1c1ccccc1)[C@H]1C[C@@H]1c1ccccc1. The number of rotatable bonds is 4. The van der Waals surface area contributed by atoms with Crippen molar-refractivity contribution < 1.29 is 9.53 Å². The molecule has 3 nitrogen and oxygen atoms in total. The molecule has 1 heterocycles. The van der Waals surface area contributed by atoms with Crippen LogP contribution in [0.25, 0.3) is 0 Å². The summed E-state index contributed by atoms with van der Waals surface area (Å²) in [6.07, 6.45) is 1.86. The van der Waals surface area contributed by atoms with Gasteiger partial charge in [0.25, 0.3) is 0 Å². The van der Waals surface area contributed by atoms with Crippen molar-refractivity contribution in [2.75, 3.05) is 13.1 Å².